The predicted octanol–water partition coefficient (Wildman–Crippen LogP) is 4.60. The Balaban J connectivity index is 2.05. The van der Waals surface area contributed by atoms with Crippen LogP contribution in [0.3, 0.4) is 0 Å². The van der Waals surface area contributed by atoms with Crippen molar-refractivity contribution in [2.75, 3.05) is 0 Å². The van der Waals surface area contributed by atoms with Gasteiger partial charge in [-0.2, -0.15) is 0 Å². The highest BCUT2D eigenvalue weighted by atomic mass is 32.1. The van der Waals surface area contributed by atoms with E-state index in [0.717, 1.165) is 18.4 Å². The second kappa shape index (κ2) is 4.92. The molecular weight excluding hydrogens is 298 g/mol. The summed E-state index contributed by atoms with van der Waals surface area (Å²) in [4.78, 5) is 2.48. The Labute approximate surface area is 134 Å². The van der Waals surface area contributed by atoms with Crippen molar-refractivity contribution in [2.45, 2.75) is 57.2 Å². The molecule has 3 heterocycles. The fourth-order valence-electron chi connectivity index (χ4n) is 3.99. The molecule has 0 radical (unpaired) electrons. The summed E-state index contributed by atoms with van der Waals surface area (Å²) >= 11 is 3.47. The fourth-order valence-corrected chi connectivity index (χ4v) is 5.87. The number of hydrogen-bond acceptors (Lipinski definition) is 4. The molecule has 0 bridgehead atoms. The molecular formula is C17H23NOS2. The predicted molar refractivity (Wildman–Crippen MR) is 92.1 cm³/mol. The summed E-state index contributed by atoms with van der Waals surface area (Å²) in [6, 6.07) is 6.32. The standard InChI is InChI=1S/C17H23NOS2/c1-15(2)10-17(19,11-16(3,4)18-15)12-7-9-21-14(12)13-6-5-8-20-13/h5-9,18-19H,10-11H2,1-4H3. The van der Waals surface area contributed by atoms with Gasteiger partial charge in [0.2, 0.25) is 0 Å². The van der Waals surface area contributed by atoms with E-state index in [1.165, 1.54) is 9.75 Å². The van der Waals surface area contributed by atoms with Gasteiger partial charge in [-0.3, -0.25) is 0 Å². The highest BCUT2D eigenvalue weighted by Gasteiger charge is 2.48. The van der Waals surface area contributed by atoms with Gasteiger partial charge in [0.05, 0.1) is 10.5 Å². The van der Waals surface area contributed by atoms with Crippen LogP contribution in [0.15, 0.2) is 29.0 Å². The highest BCUT2D eigenvalue weighted by Crippen LogP contribution is 2.47. The van der Waals surface area contributed by atoms with Gasteiger partial charge in [-0.15, -0.1) is 22.7 Å². The van der Waals surface area contributed by atoms with Crippen molar-refractivity contribution < 1.29 is 5.11 Å². The van der Waals surface area contributed by atoms with Crippen LogP contribution in [0, 0.1) is 0 Å². The summed E-state index contributed by atoms with van der Waals surface area (Å²) < 4.78 is 0. The van der Waals surface area contributed by atoms with E-state index in [2.05, 4.69) is 62.0 Å². The third-order valence-corrected chi connectivity index (χ3v) is 6.02. The van der Waals surface area contributed by atoms with Crippen LogP contribution >= 0.6 is 22.7 Å². The summed E-state index contributed by atoms with van der Waals surface area (Å²) in [6.07, 6.45) is 1.47. The topological polar surface area (TPSA) is 32.3 Å². The summed E-state index contributed by atoms with van der Waals surface area (Å²) in [5, 5.41) is 19.3. The number of hydrogen-bond donors (Lipinski definition) is 2. The lowest BCUT2D eigenvalue weighted by Crippen LogP contribution is -2.62. The van der Waals surface area contributed by atoms with Gasteiger partial charge in [-0.1, -0.05) is 6.07 Å². The molecule has 2 aromatic rings. The second-order valence-corrected chi connectivity index (χ2v) is 9.28. The van der Waals surface area contributed by atoms with E-state index in [9.17, 15) is 5.11 Å². The molecule has 1 fully saturated rings. The Morgan fingerprint density at radius 3 is 2.24 bits per heavy atom. The normalized spacial score (nSPS) is 23.1. The monoisotopic (exact) mass is 321 g/mol. The van der Waals surface area contributed by atoms with E-state index in [0.29, 0.717) is 0 Å². The molecule has 4 heteroatoms. The zero-order valence-electron chi connectivity index (χ0n) is 13.1. The van der Waals surface area contributed by atoms with Crippen molar-refractivity contribution >= 4 is 22.7 Å². The minimum Gasteiger partial charge on any atom is -0.385 e. The number of aliphatic hydroxyl groups is 1. The second-order valence-electron chi connectivity index (χ2n) is 7.42. The summed E-state index contributed by atoms with van der Waals surface area (Å²) in [7, 11) is 0. The first-order valence-electron chi connectivity index (χ1n) is 7.34. The van der Waals surface area contributed by atoms with Gasteiger partial charge >= 0.3 is 0 Å². The van der Waals surface area contributed by atoms with Crippen LogP contribution < -0.4 is 5.32 Å². The first-order chi connectivity index (χ1) is 9.71. The van der Waals surface area contributed by atoms with E-state index < -0.39 is 5.60 Å². The van der Waals surface area contributed by atoms with Crippen LogP contribution in [0.25, 0.3) is 9.75 Å². The minimum atomic E-state index is -0.766. The van der Waals surface area contributed by atoms with Crippen LogP contribution in [-0.4, -0.2) is 16.2 Å². The van der Waals surface area contributed by atoms with Crippen LogP contribution in [0.2, 0.25) is 0 Å². The average molecular weight is 322 g/mol. The van der Waals surface area contributed by atoms with E-state index in [4.69, 9.17) is 0 Å². The quantitative estimate of drug-likeness (QED) is 0.847. The Kier molecular flexibility index (Phi) is 3.56. The van der Waals surface area contributed by atoms with Gasteiger partial charge in [0.1, 0.15) is 0 Å². The summed E-state index contributed by atoms with van der Waals surface area (Å²) in [5.74, 6) is 0. The third kappa shape index (κ3) is 2.95. The SMILES string of the molecule is CC1(C)CC(O)(c2ccsc2-c2cccs2)CC(C)(C)N1. The smallest absolute Gasteiger partial charge is 0.0945 e. The van der Waals surface area contributed by atoms with Crippen molar-refractivity contribution in [3.8, 4) is 9.75 Å². The number of thiophene rings is 2. The van der Waals surface area contributed by atoms with Crippen molar-refractivity contribution in [3.63, 3.8) is 0 Å². The van der Waals surface area contributed by atoms with Gasteiger partial charge in [-0.05, 0) is 63.4 Å². The van der Waals surface area contributed by atoms with Gasteiger partial charge in [-0.25, -0.2) is 0 Å². The molecule has 0 unspecified atom stereocenters. The van der Waals surface area contributed by atoms with Crippen molar-refractivity contribution in [3.05, 3.63) is 34.5 Å². The zero-order chi connectivity index (χ0) is 15.3. The molecule has 2 aromatic heterocycles. The molecule has 2 N–H and O–H groups in total. The van der Waals surface area contributed by atoms with Crippen LogP contribution in [-0.2, 0) is 5.60 Å². The number of piperidine rings is 1. The first-order valence-corrected chi connectivity index (χ1v) is 9.10. The Bertz CT molecular complexity index is 609. The van der Waals surface area contributed by atoms with Gasteiger partial charge in [0.25, 0.3) is 0 Å². The summed E-state index contributed by atoms with van der Waals surface area (Å²) in [6.45, 7) is 8.71. The van der Waals surface area contributed by atoms with Crippen molar-refractivity contribution in [1.82, 2.24) is 5.32 Å². The lowest BCUT2D eigenvalue weighted by atomic mass is 9.70. The first kappa shape index (κ1) is 15.2. The average Bonchev–Trinajstić information content (AvgIpc) is 2.95. The van der Waals surface area contributed by atoms with E-state index in [1.54, 1.807) is 22.7 Å². The van der Waals surface area contributed by atoms with E-state index >= 15 is 0 Å². The Morgan fingerprint density at radius 2 is 1.67 bits per heavy atom. The maximum Gasteiger partial charge on any atom is 0.0945 e. The van der Waals surface area contributed by atoms with Gasteiger partial charge in [0.15, 0.2) is 0 Å². The molecule has 114 valence electrons. The highest BCUT2D eigenvalue weighted by molar-refractivity contribution is 7.20. The Hall–Kier alpha value is -0.680. The van der Waals surface area contributed by atoms with E-state index in [1.807, 2.05) is 0 Å². The van der Waals surface area contributed by atoms with Crippen molar-refractivity contribution in [2.24, 2.45) is 0 Å². The molecule has 1 aliphatic rings. The number of nitrogens with one attached hydrogen (secondary N) is 1. The lowest BCUT2D eigenvalue weighted by Gasteiger charge is -2.51. The molecule has 0 spiro atoms. The maximum atomic E-state index is 11.5. The van der Waals surface area contributed by atoms with Gasteiger partial charge < -0.3 is 10.4 Å². The third-order valence-electron chi connectivity index (χ3n) is 4.06. The molecule has 0 aromatic carbocycles. The molecule has 0 atom stereocenters. The van der Waals surface area contributed by atoms with Crippen molar-refractivity contribution in [1.29, 1.82) is 0 Å². The van der Waals surface area contributed by atoms with Crippen LogP contribution in [0.1, 0.15) is 46.1 Å². The fraction of sp³-hybridized carbons (Fsp3) is 0.529. The molecule has 2 nitrogen and oxygen atoms in total. The van der Waals surface area contributed by atoms with Crippen LogP contribution in [0.4, 0.5) is 0 Å². The molecule has 0 saturated carbocycles. The minimum absolute atomic E-state index is 0.0782. The van der Waals surface area contributed by atoms with Gasteiger partial charge in [0, 0.05) is 21.5 Å². The Morgan fingerprint density at radius 1 is 1.00 bits per heavy atom. The number of rotatable bonds is 2. The van der Waals surface area contributed by atoms with E-state index in [-0.39, 0.29) is 11.1 Å². The maximum absolute atomic E-state index is 11.5. The molecule has 0 amide bonds. The largest absolute Gasteiger partial charge is 0.385 e. The molecule has 0 aliphatic carbocycles. The molecule has 1 saturated heterocycles. The zero-order valence-corrected chi connectivity index (χ0v) is 14.7. The molecule has 1 aliphatic heterocycles. The van der Waals surface area contributed by atoms with Crippen LogP contribution in [0.5, 0.6) is 0 Å². The molecule has 3 rings (SSSR count). The summed E-state index contributed by atoms with van der Waals surface area (Å²) in [5.41, 5.74) is 0.172. The molecule has 21 heavy (non-hydrogen) atoms. The lowest BCUT2D eigenvalue weighted by molar-refractivity contribution is -0.0607.